The molecule has 0 radical (unpaired) electrons. The molecule has 0 bridgehead atoms. The third kappa shape index (κ3) is 3.20. The lowest BCUT2D eigenvalue weighted by Gasteiger charge is -2.11. The molecule has 0 spiro atoms. The smallest absolute Gasteiger partial charge is 0.492 e. The zero-order chi connectivity index (χ0) is 14.7. The van der Waals surface area contributed by atoms with Crippen LogP contribution in [0, 0.1) is 0 Å². The zero-order valence-corrected chi connectivity index (χ0v) is 11.7. The highest BCUT2D eigenvalue weighted by Gasteiger charge is 2.16. The fourth-order valence-corrected chi connectivity index (χ4v) is 2.50. The number of ether oxygens (including phenoxy) is 2. The molecule has 0 aliphatic carbocycles. The third-order valence-corrected chi connectivity index (χ3v) is 3.60. The number of hydrogen-bond donors (Lipinski definition) is 2. The molecule has 1 heterocycles. The van der Waals surface area contributed by atoms with E-state index in [1.165, 1.54) is 11.1 Å². The van der Waals surface area contributed by atoms with Crippen LogP contribution in [0.4, 0.5) is 0 Å². The second-order valence-electron chi connectivity index (χ2n) is 5.05. The maximum absolute atomic E-state index is 9.29. The summed E-state index contributed by atoms with van der Waals surface area (Å²) in [6.45, 7) is 1.25. The van der Waals surface area contributed by atoms with Crippen molar-refractivity contribution in [1.29, 1.82) is 0 Å². The predicted octanol–water partition coefficient (Wildman–Crippen LogP) is 0.923. The minimum absolute atomic E-state index is 0.389. The highest BCUT2D eigenvalue weighted by Crippen LogP contribution is 2.26. The third-order valence-electron chi connectivity index (χ3n) is 3.60. The molecule has 5 heteroatoms. The molecule has 0 fully saturated rings. The molecule has 21 heavy (non-hydrogen) atoms. The van der Waals surface area contributed by atoms with Gasteiger partial charge in [-0.15, -0.1) is 0 Å². The van der Waals surface area contributed by atoms with Gasteiger partial charge in [0.05, 0.1) is 13.2 Å². The standard InChI is InChI=1S/C16H17BO4/c18-17(19)14-3-1-2-4-16(14)21-9-7-12-5-6-15-13(11-12)8-10-20-15/h1-6,11,18-19H,7-10H2. The van der Waals surface area contributed by atoms with Crippen molar-refractivity contribution in [2.24, 2.45) is 0 Å². The number of fused-ring (bicyclic) bond motifs is 1. The topological polar surface area (TPSA) is 58.9 Å². The summed E-state index contributed by atoms with van der Waals surface area (Å²) in [5, 5.41) is 18.6. The molecule has 0 unspecified atom stereocenters. The normalized spacial score (nSPS) is 12.7. The molecule has 0 atom stereocenters. The van der Waals surface area contributed by atoms with Crippen LogP contribution in [-0.4, -0.2) is 30.4 Å². The maximum atomic E-state index is 9.29. The van der Waals surface area contributed by atoms with Gasteiger partial charge in [0.1, 0.15) is 11.5 Å². The van der Waals surface area contributed by atoms with E-state index in [0.29, 0.717) is 17.8 Å². The fourth-order valence-electron chi connectivity index (χ4n) is 2.50. The van der Waals surface area contributed by atoms with Gasteiger partial charge in [0.15, 0.2) is 0 Å². The highest BCUT2D eigenvalue weighted by molar-refractivity contribution is 6.59. The molecule has 2 N–H and O–H groups in total. The Morgan fingerprint density at radius 2 is 2.00 bits per heavy atom. The van der Waals surface area contributed by atoms with Gasteiger partial charge < -0.3 is 19.5 Å². The van der Waals surface area contributed by atoms with E-state index in [1.807, 2.05) is 18.2 Å². The Kier molecular flexibility index (Phi) is 4.13. The second kappa shape index (κ2) is 6.20. The summed E-state index contributed by atoms with van der Waals surface area (Å²) in [4.78, 5) is 0. The zero-order valence-electron chi connectivity index (χ0n) is 11.7. The summed E-state index contributed by atoms with van der Waals surface area (Å²) < 4.78 is 11.2. The Labute approximate surface area is 124 Å². The molecule has 0 amide bonds. The predicted molar refractivity (Wildman–Crippen MR) is 81.1 cm³/mol. The van der Waals surface area contributed by atoms with Crippen molar-refractivity contribution in [3.63, 3.8) is 0 Å². The largest absolute Gasteiger partial charge is 0.494 e. The van der Waals surface area contributed by atoms with Gasteiger partial charge in [-0.1, -0.05) is 30.3 Å². The monoisotopic (exact) mass is 284 g/mol. The number of rotatable bonds is 5. The van der Waals surface area contributed by atoms with Gasteiger partial charge in [-0.05, 0) is 23.3 Å². The second-order valence-corrected chi connectivity index (χ2v) is 5.05. The van der Waals surface area contributed by atoms with Crippen LogP contribution in [0.15, 0.2) is 42.5 Å². The van der Waals surface area contributed by atoms with Gasteiger partial charge in [-0.2, -0.15) is 0 Å². The van der Waals surface area contributed by atoms with E-state index in [4.69, 9.17) is 9.47 Å². The summed E-state index contributed by atoms with van der Waals surface area (Å²) in [6.07, 6.45) is 1.73. The van der Waals surface area contributed by atoms with Crippen LogP contribution in [0.25, 0.3) is 0 Å². The van der Waals surface area contributed by atoms with Crippen molar-refractivity contribution in [2.75, 3.05) is 13.2 Å². The van der Waals surface area contributed by atoms with Crippen molar-refractivity contribution >= 4 is 12.6 Å². The van der Waals surface area contributed by atoms with Gasteiger partial charge in [-0.25, -0.2) is 0 Å². The first-order valence-electron chi connectivity index (χ1n) is 7.06. The van der Waals surface area contributed by atoms with Crippen molar-refractivity contribution in [3.8, 4) is 11.5 Å². The molecular formula is C16H17BO4. The first-order chi connectivity index (χ1) is 10.2. The Morgan fingerprint density at radius 1 is 1.14 bits per heavy atom. The lowest BCUT2D eigenvalue weighted by Crippen LogP contribution is -2.31. The quantitative estimate of drug-likeness (QED) is 0.802. The molecule has 4 nitrogen and oxygen atoms in total. The Balaban J connectivity index is 1.61. The van der Waals surface area contributed by atoms with E-state index in [0.717, 1.165) is 25.2 Å². The molecule has 2 aromatic carbocycles. The van der Waals surface area contributed by atoms with Crippen molar-refractivity contribution in [1.82, 2.24) is 0 Å². The van der Waals surface area contributed by atoms with E-state index in [2.05, 4.69) is 6.07 Å². The molecule has 0 aromatic heterocycles. The number of benzene rings is 2. The molecule has 0 saturated carbocycles. The Hall–Kier alpha value is -1.98. The van der Waals surface area contributed by atoms with Gasteiger partial charge in [-0.3, -0.25) is 0 Å². The maximum Gasteiger partial charge on any atom is 0.492 e. The fraction of sp³-hybridized carbons (Fsp3) is 0.250. The van der Waals surface area contributed by atoms with Crippen LogP contribution in [0.1, 0.15) is 11.1 Å². The first kappa shape index (κ1) is 14.0. The van der Waals surface area contributed by atoms with Crippen LogP contribution in [0.2, 0.25) is 0 Å². The van der Waals surface area contributed by atoms with Crippen molar-refractivity contribution in [2.45, 2.75) is 12.8 Å². The molecule has 3 rings (SSSR count). The van der Waals surface area contributed by atoms with Crippen LogP contribution in [0.3, 0.4) is 0 Å². The summed E-state index contributed by atoms with van der Waals surface area (Å²) in [5.41, 5.74) is 2.83. The van der Waals surface area contributed by atoms with Crippen LogP contribution in [-0.2, 0) is 12.8 Å². The van der Waals surface area contributed by atoms with Gasteiger partial charge in [0, 0.05) is 18.3 Å². The molecular weight excluding hydrogens is 267 g/mol. The van der Waals surface area contributed by atoms with E-state index >= 15 is 0 Å². The van der Waals surface area contributed by atoms with Crippen LogP contribution < -0.4 is 14.9 Å². The van der Waals surface area contributed by atoms with Crippen LogP contribution >= 0.6 is 0 Å². The van der Waals surface area contributed by atoms with Crippen molar-refractivity contribution in [3.05, 3.63) is 53.6 Å². The van der Waals surface area contributed by atoms with Crippen LogP contribution in [0.5, 0.6) is 11.5 Å². The highest BCUT2D eigenvalue weighted by atomic mass is 16.5. The minimum Gasteiger partial charge on any atom is -0.494 e. The number of hydrogen-bond acceptors (Lipinski definition) is 4. The molecule has 108 valence electrons. The van der Waals surface area contributed by atoms with E-state index in [9.17, 15) is 10.0 Å². The average Bonchev–Trinajstić information content (AvgIpc) is 2.95. The molecule has 1 aliphatic heterocycles. The molecule has 1 aliphatic rings. The van der Waals surface area contributed by atoms with E-state index in [1.54, 1.807) is 18.2 Å². The molecule has 0 saturated heterocycles. The van der Waals surface area contributed by atoms with Gasteiger partial charge in [0.25, 0.3) is 0 Å². The van der Waals surface area contributed by atoms with Gasteiger partial charge >= 0.3 is 7.12 Å². The lowest BCUT2D eigenvalue weighted by molar-refractivity contribution is 0.322. The Morgan fingerprint density at radius 3 is 2.86 bits per heavy atom. The van der Waals surface area contributed by atoms with Crippen molar-refractivity contribution < 1.29 is 19.5 Å². The Bertz CT molecular complexity index is 627. The summed E-state index contributed by atoms with van der Waals surface area (Å²) in [7, 11) is -1.52. The van der Waals surface area contributed by atoms with E-state index in [-0.39, 0.29) is 0 Å². The first-order valence-corrected chi connectivity index (χ1v) is 7.06. The summed E-state index contributed by atoms with van der Waals surface area (Å²) in [5.74, 6) is 1.49. The minimum atomic E-state index is -1.52. The molecule has 2 aromatic rings. The number of para-hydroxylation sites is 1. The van der Waals surface area contributed by atoms with Gasteiger partial charge in [0.2, 0.25) is 0 Å². The van der Waals surface area contributed by atoms with E-state index < -0.39 is 7.12 Å². The average molecular weight is 284 g/mol. The lowest BCUT2D eigenvalue weighted by atomic mass is 9.79. The summed E-state index contributed by atoms with van der Waals surface area (Å²) >= 11 is 0. The SMILES string of the molecule is OB(O)c1ccccc1OCCc1ccc2c(c1)CCO2. The summed E-state index contributed by atoms with van der Waals surface area (Å²) in [6, 6.07) is 13.1.